The van der Waals surface area contributed by atoms with E-state index >= 15 is 0 Å². The molecule has 0 saturated heterocycles. The van der Waals surface area contributed by atoms with Gasteiger partial charge in [-0.2, -0.15) is 5.10 Å². The number of pyridine rings is 1. The molecule has 0 aliphatic heterocycles. The highest BCUT2D eigenvalue weighted by molar-refractivity contribution is 5.83. The molecule has 24 heavy (non-hydrogen) atoms. The van der Waals surface area contributed by atoms with Gasteiger partial charge in [-0.1, -0.05) is 0 Å². The van der Waals surface area contributed by atoms with Crippen molar-refractivity contribution >= 4 is 16.7 Å². The first kappa shape index (κ1) is 16.5. The zero-order chi connectivity index (χ0) is 17.3. The minimum absolute atomic E-state index is 0.586. The second-order valence-corrected chi connectivity index (χ2v) is 6.17. The summed E-state index contributed by atoms with van der Waals surface area (Å²) in [5.74, 6) is 0. The Morgan fingerprint density at radius 2 is 1.83 bits per heavy atom. The Morgan fingerprint density at radius 3 is 2.46 bits per heavy atom. The largest absolute Gasteiger partial charge is 0.378 e. The molecule has 0 bridgehead atoms. The Morgan fingerprint density at radius 1 is 1.12 bits per heavy atom. The van der Waals surface area contributed by atoms with Crippen molar-refractivity contribution in [1.29, 1.82) is 0 Å². The smallest absolute Gasteiger partial charge is 0.163 e. The highest BCUT2D eigenvalue weighted by Gasteiger charge is 2.15. The lowest BCUT2D eigenvalue weighted by Gasteiger charge is -2.13. The van der Waals surface area contributed by atoms with Crippen molar-refractivity contribution in [2.24, 2.45) is 0 Å². The number of nitrogens with zero attached hydrogens (tertiary/aromatic N) is 4. The summed E-state index contributed by atoms with van der Waals surface area (Å²) in [4.78, 5) is 6.82. The van der Waals surface area contributed by atoms with Gasteiger partial charge in [-0.3, -0.25) is 0 Å². The molecule has 0 aliphatic carbocycles. The van der Waals surface area contributed by atoms with E-state index < -0.39 is 0 Å². The van der Waals surface area contributed by atoms with Gasteiger partial charge >= 0.3 is 0 Å². The lowest BCUT2D eigenvalue weighted by atomic mass is 10.1. The molecule has 0 saturated carbocycles. The summed E-state index contributed by atoms with van der Waals surface area (Å²) in [6, 6.07) is 10.4. The highest BCUT2D eigenvalue weighted by atomic mass is 16.5. The molecule has 2 aromatic heterocycles. The maximum absolute atomic E-state index is 5.62. The molecule has 5 nitrogen and oxygen atoms in total. The first-order valence-electron chi connectivity index (χ1n) is 8.22. The van der Waals surface area contributed by atoms with Gasteiger partial charge in [0.1, 0.15) is 0 Å². The van der Waals surface area contributed by atoms with Crippen LogP contribution in [0.5, 0.6) is 0 Å². The fraction of sp³-hybridized carbons (Fsp3) is 0.368. The third-order valence-electron chi connectivity index (χ3n) is 4.09. The topological polar surface area (TPSA) is 43.2 Å². The van der Waals surface area contributed by atoms with Gasteiger partial charge in [0.05, 0.1) is 18.0 Å². The third kappa shape index (κ3) is 2.99. The van der Waals surface area contributed by atoms with E-state index in [-0.39, 0.29) is 0 Å². The minimum Gasteiger partial charge on any atom is -0.378 e. The number of benzene rings is 1. The number of rotatable bonds is 5. The predicted molar refractivity (Wildman–Crippen MR) is 98.0 cm³/mol. The van der Waals surface area contributed by atoms with Gasteiger partial charge < -0.3 is 9.64 Å². The minimum atomic E-state index is 0.586. The molecule has 0 radical (unpaired) electrons. The molecule has 0 amide bonds. The molecule has 1 aromatic carbocycles. The van der Waals surface area contributed by atoms with Crippen molar-refractivity contribution in [3.8, 4) is 5.69 Å². The molecule has 0 unspecified atom stereocenters. The van der Waals surface area contributed by atoms with Crippen LogP contribution in [0, 0.1) is 13.8 Å². The van der Waals surface area contributed by atoms with E-state index in [1.807, 2.05) is 39.5 Å². The molecule has 0 spiro atoms. The summed E-state index contributed by atoms with van der Waals surface area (Å²) in [7, 11) is 4.07. The number of hydrogen-bond donors (Lipinski definition) is 0. The van der Waals surface area contributed by atoms with E-state index in [2.05, 4.69) is 35.2 Å². The Hall–Kier alpha value is -2.40. The van der Waals surface area contributed by atoms with Crippen molar-refractivity contribution in [1.82, 2.24) is 14.8 Å². The van der Waals surface area contributed by atoms with Crippen LogP contribution < -0.4 is 4.90 Å². The highest BCUT2D eigenvalue weighted by Crippen LogP contribution is 2.26. The number of anilines is 1. The lowest BCUT2D eigenvalue weighted by molar-refractivity contribution is 0.135. The van der Waals surface area contributed by atoms with Crippen LogP contribution in [0.25, 0.3) is 16.7 Å². The molecule has 2 heterocycles. The SMILES string of the molecule is CCOCc1cc(C)nc2c1c(C)nn2-c1ccc(N(C)C)cc1. The first-order chi connectivity index (χ1) is 11.5. The number of ether oxygens (including phenoxy) is 1. The molecular weight excluding hydrogens is 300 g/mol. The predicted octanol–water partition coefficient (Wildman–Crippen LogP) is 3.64. The standard InChI is InChI=1S/C19H24N4O/c1-6-24-12-15-11-13(2)20-19-18(15)14(3)21-23(19)17-9-7-16(8-10-17)22(4)5/h7-11H,6,12H2,1-5H3. The van der Waals surface area contributed by atoms with Gasteiger partial charge in [-0.25, -0.2) is 9.67 Å². The van der Waals surface area contributed by atoms with E-state index in [0.29, 0.717) is 13.2 Å². The number of aromatic nitrogens is 3. The van der Waals surface area contributed by atoms with Crippen LogP contribution in [-0.4, -0.2) is 35.5 Å². The number of hydrogen-bond acceptors (Lipinski definition) is 4. The average Bonchev–Trinajstić information content (AvgIpc) is 2.89. The fourth-order valence-corrected chi connectivity index (χ4v) is 2.92. The molecular formula is C19H24N4O. The Balaban J connectivity index is 2.13. The Bertz CT molecular complexity index is 850. The first-order valence-corrected chi connectivity index (χ1v) is 8.22. The van der Waals surface area contributed by atoms with Crippen molar-refractivity contribution in [2.75, 3.05) is 25.6 Å². The van der Waals surface area contributed by atoms with Crippen LogP contribution in [0.15, 0.2) is 30.3 Å². The summed E-state index contributed by atoms with van der Waals surface area (Å²) in [5, 5.41) is 5.82. The maximum atomic E-state index is 5.62. The monoisotopic (exact) mass is 324 g/mol. The van der Waals surface area contributed by atoms with Gasteiger partial charge in [-0.15, -0.1) is 0 Å². The van der Waals surface area contributed by atoms with Crippen LogP contribution in [0.3, 0.4) is 0 Å². The zero-order valence-corrected chi connectivity index (χ0v) is 15.0. The van der Waals surface area contributed by atoms with Gasteiger partial charge in [0, 0.05) is 37.5 Å². The molecule has 3 rings (SSSR count). The second-order valence-electron chi connectivity index (χ2n) is 6.17. The van der Waals surface area contributed by atoms with Crippen molar-refractivity contribution in [2.45, 2.75) is 27.4 Å². The molecule has 126 valence electrons. The fourth-order valence-electron chi connectivity index (χ4n) is 2.92. The van der Waals surface area contributed by atoms with Crippen molar-refractivity contribution < 1.29 is 4.74 Å². The second kappa shape index (κ2) is 6.61. The Labute approximate surface area is 142 Å². The summed E-state index contributed by atoms with van der Waals surface area (Å²) in [6.45, 7) is 7.33. The molecule has 0 aliphatic rings. The summed E-state index contributed by atoms with van der Waals surface area (Å²) < 4.78 is 7.55. The summed E-state index contributed by atoms with van der Waals surface area (Å²) >= 11 is 0. The van der Waals surface area contributed by atoms with E-state index in [1.54, 1.807) is 0 Å². The van der Waals surface area contributed by atoms with Crippen LogP contribution >= 0.6 is 0 Å². The van der Waals surface area contributed by atoms with Crippen LogP contribution in [0.2, 0.25) is 0 Å². The van der Waals surface area contributed by atoms with Gasteiger partial charge in [-0.05, 0) is 56.7 Å². The van der Waals surface area contributed by atoms with Crippen LogP contribution in [-0.2, 0) is 11.3 Å². The van der Waals surface area contributed by atoms with Gasteiger partial charge in [0.15, 0.2) is 5.65 Å². The molecule has 0 fully saturated rings. The quantitative estimate of drug-likeness (QED) is 0.719. The van der Waals surface area contributed by atoms with Gasteiger partial charge in [0.25, 0.3) is 0 Å². The van der Waals surface area contributed by atoms with E-state index in [0.717, 1.165) is 39.4 Å². The van der Waals surface area contributed by atoms with E-state index in [9.17, 15) is 0 Å². The molecule has 0 N–H and O–H groups in total. The lowest BCUT2D eigenvalue weighted by Crippen LogP contribution is -2.08. The van der Waals surface area contributed by atoms with Crippen LogP contribution in [0.4, 0.5) is 5.69 Å². The zero-order valence-electron chi connectivity index (χ0n) is 15.0. The normalized spacial score (nSPS) is 11.2. The molecule has 5 heteroatoms. The van der Waals surface area contributed by atoms with E-state index in [4.69, 9.17) is 14.8 Å². The van der Waals surface area contributed by atoms with Crippen molar-refractivity contribution in [3.63, 3.8) is 0 Å². The molecule has 0 atom stereocenters. The van der Waals surface area contributed by atoms with Gasteiger partial charge in [0.2, 0.25) is 0 Å². The average molecular weight is 324 g/mol. The van der Waals surface area contributed by atoms with Crippen molar-refractivity contribution in [3.05, 3.63) is 47.3 Å². The number of fused-ring (bicyclic) bond motifs is 1. The summed E-state index contributed by atoms with van der Waals surface area (Å²) in [5.41, 5.74) is 6.16. The van der Waals surface area contributed by atoms with E-state index in [1.165, 1.54) is 0 Å². The third-order valence-corrected chi connectivity index (χ3v) is 4.09. The maximum Gasteiger partial charge on any atom is 0.163 e. The molecule has 3 aromatic rings. The van der Waals surface area contributed by atoms with Crippen LogP contribution in [0.1, 0.15) is 23.9 Å². The summed E-state index contributed by atoms with van der Waals surface area (Å²) in [6.07, 6.45) is 0. The number of aryl methyl sites for hydroxylation is 2. The Kier molecular flexibility index (Phi) is 4.53.